The molecule has 0 radical (unpaired) electrons. The number of ether oxygens (including phenoxy) is 2. The standard InChI is InChI=1S/C23H30N2O5S/c1-16-9-11-25(12-10-16)31(27,28)19-7-5-17(2)20(14-19)23(26)24-15-18-6-8-21(29-3)22(13-18)30-4/h5-8,13-14,16H,9-12,15H2,1-4H3,(H,24,26). The number of piperidine rings is 1. The summed E-state index contributed by atoms with van der Waals surface area (Å²) in [6.07, 6.45) is 1.70. The number of aryl methyl sites for hydroxylation is 1. The Morgan fingerprint density at radius 1 is 1.06 bits per heavy atom. The van der Waals surface area contributed by atoms with Crippen LogP contribution in [0.15, 0.2) is 41.3 Å². The topological polar surface area (TPSA) is 84.9 Å². The van der Waals surface area contributed by atoms with Crippen LogP contribution in [0.4, 0.5) is 0 Å². The van der Waals surface area contributed by atoms with Gasteiger partial charge in [0.25, 0.3) is 5.91 Å². The van der Waals surface area contributed by atoms with E-state index in [4.69, 9.17) is 9.47 Å². The molecule has 0 unspecified atom stereocenters. The third kappa shape index (κ3) is 5.19. The molecule has 1 N–H and O–H groups in total. The third-order valence-corrected chi connectivity index (χ3v) is 7.63. The number of nitrogens with one attached hydrogen (secondary N) is 1. The van der Waals surface area contributed by atoms with Crippen LogP contribution in [-0.4, -0.2) is 45.9 Å². The fourth-order valence-electron chi connectivity index (χ4n) is 3.65. The molecule has 1 saturated heterocycles. The number of benzene rings is 2. The number of hydrogen-bond donors (Lipinski definition) is 1. The van der Waals surface area contributed by atoms with Gasteiger partial charge in [0, 0.05) is 25.2 Å². The zero-order chi connectivity index (χ0) is 22.6. The van der Waals surface area contributed by atoms with Gasteiger partial charge in [0.2, 0.25) is 10.0 Å². The number of methoxy groups -OCH3 is 2. The Balaban J connectivity index is 1.76. The number of rotatable bonds is 7. The molecule has 2 aromatic carbocycles. The number of sulfonamides is 1. The zero-order valence-corrected chi connectivity index (χ0v) is 19.3. The van der Waals surface area contributed by atoms with Crippen LogP contribution in [0.2, 0.25) is 0 Å². The molecule has 0 saturated carbocycles. The van der Waals surface area contributed by atoms with Crippen molar-refractivity contribution in [3.05, 3.63) is 53.1 Å². The fraction of sp³-hybridized carbons (Fsp3) is 0.435. The first kappa shape index (κ1) is 23.1. The summed E-state index contributed by atoms with van der Waals surface area (Å²) in [7, 11) is -0.502. The smallest absolute Gasteiger partial charge is 0.251 e. The van der Waals surface area contributed by atoms with E-state index in [0.29, 0.717) is 36.1 Å². The first-order chi connectivity index (χ1) is 14.8. The van der Waals surface area contributed by atoms with E-state index in [1.54, 1.807) is 45.4 Å². The minimum Gasteiger partial charge on any atom is -0.493 e. The summed E-state index contributed by atoms with van der Waals surface area (Å²) in [5.74, 6) is 1.40. The van der Waals surface area contributed by atoms with Gasteiger partial charge in [-0.2, -0.15) is 4.31 Å². The van der Waals surface area contributed by atoms with E-state index in [1.807, 2.05) is 6.07 Å². The van der Waals surface area contributed by atoms with Crippen molar-refractivity contribution in [3.63, 3.8) is 0 Å². The molecule has 1 aliphatic rings. The highest BCUT2D eigenvalue weighted by molar-refractivity contribution is 7.89. The van der Waals surface area contributed by atoms with Crippen LogP contribution >= 0.6 is 0 Å². The van der Waals surface area contributed by atoms with E-state index in [1.165, 1.54) is 10.4 Å². The van der Waals surface area contributed by atoms with Crippen LogP contribution < -0.4 is 14.8 Å². The van der Waals surface area contributed by atoms with Crippen LogP contribution in [-0.2, 0) is 16.6 Å². The van der Waals surface area contributed by atoms with Crippen molar-refractivity contribution in [2.24, 2.45) is 5.92 Å². The molecule has 0 aliphatic carbocycles. The molecule has 0 aromatic heterocycles. The summed E-state index contributed by atoms with van der Waals surface area (Å²) in [5.41, 5.74) is 1.91. The highest BCUT2D eigenvalue weighted by Gasteiger charge is 2.28. The van der Waals surface area contributed by atoms with E-state index in [9.17, 15) is 13.2 Å². The van der Waals surface area contributed by atoms with Crippen LogP contribution in [0, 0.1) is 12.8 Å². The molecule has 0 atom stereocenters. The van der Waals surface area contributed by atoms with Gasteiger partial charge in [-0.15, -0.1) is 0 Å². The van der Waals surface area contributed by atoms with Crippen molar-refractivity contribution in [2.45, 2.75) is 38.1 Å². The molecule has 1 fully saturated rings. The van der Waals surface area contributed by atoms with Gasteiger partial charge in [0.1, 0.15) is 0 Å². The third-order valence-electron chi connectivity index (χ3n) is 5.74. The van der Waals surface area contributed by atoms with Crippen LogP contribution in [0.3, 0.4) is 0 Å². The Morgan fingerprint density at radius 3 is 2.39 bits per heavy atom. The van der Waals surface area contributed by atoms with Gasteiger partial charge in [0.15, 0.2) is 11.5 Å². The molecule has 8 heteroatoms. The SMILES string of the molecule is COc1ccc(CNC(=O)c2cc(S(=O)(=O)N3CCC(C)CC3)ccc2C)cc1OC. The first-order valence-corrected chi connectivity index (χ1v) is 11.8. The lowest BCUT2D eigenvalue weighted by molar-refractivity contribution is 0.0950. The normalized spacial score (nSPS) is 15.5. The molecule has 31 heavy (non-hydrogen) atoms. The number of nitrogens with zero attached hydrogens (tertiary/aromatic N) is 1. The highest BCUT2D eigenvalue weighted by Crippen LogP contribution is 2.28. The molecule has 1 heterocycles. The summed E-state index contributed by atoms with van der Waals surface area (Å²) in [4.78, 5) is 13.0. The minimum atomic E-state index is -3.62. The molecule has 0 bridgehead atoms. The average molecular weight is 447 g/mol. The Labute approximate surface area is 184 Å². The molecule has 1 amide bonds. The molecular weight excluding hydrogens is 416 g/mol. The fourth-order valence-corrected chi connectivity index (χ4v) is 5.15. The molecule has 3 rings (SSSR count). The van der Waals surface area contributed by atoms with E-state index < -0.39 is 10.0 Å². The van der Waals surface area contributed by atoms with Crippen molar-refractivity contribution in [1.29, 1.82) is 0 Å². The Bertz CT molecular complexity index is 1040. The number of amides is 1. The second-order valence-electron chi connectivity index (χ2n) is 7.94. The lowest BCUT2D eigenvalue weighted by Crippen LogP contribution is -2.38. The second-order valence-corrected chi connectivity index (χ2v) is 9.87. The Morgan fingerprint density at radius 2 is 1.74 bits per heavy atom. The molecule has 1 aliphatic heterocycles. The molecular formula is C23H30N2O5S. The predicted molar refractivity (Wildman–Crippen MR) is 119 cm³/mol. The maximum atomic E-state index is 13.1. The van der Waals surface area contributed by atoms with E-state index in [2.05, 4.69) is 12.2 Å². The largest absolute Gasteiger partial charge is 0.493 e. The summed E-state index contributed by atoms with van der Waals surface area (Å²) >= 11 is 0. The van der Waals surface area contributed by atoms with Gasteiger partial charge in [-0.25, -0.2) is 8.42 Å². The summed E-state index contributed by atoms with van der Waals surface area (Å²) in [6, 6.07) is 10.2. The van der Waals surface area contributed by atoms with Gasteiger partial charge in [0.05, 0.1) is 19.1 Å². The number of carbonyl (C=O) groups excluding carboxylic acids is 1. The van der Waals surface area contributed by atoms with Crippen LogP contribution in [0.25, 0.3) is 0 Å². The first-order valence-electron chi connectivity index (χ1n) is 10.4. The van der Waals surface area contributed by atoms with Crippen molar-refractivity contribution < 1.29 is 22.7 Å². The maximum Gasteiger partial charge on any atom is 0.251 e. The summed E-state index contributed by atoms with van der Waals surface area (Å²) < 4.78 is 38.2. The predicted octanol–water partition coefficient (Wildman–Crippen LogP) is 3.36. The lowest BCUT2D eigenvalue weighted by Gasteiger charge is -2.29. The second kappa shape index (κ2) is 9.70. The van der Waals surface area contributed by atoms with Gasteiger partial charge in [-0.1, -0.05) is 19.1 Å². The average Bonchev–Trinajstić information content (AvgIpc) is 2.77. The Kier molecular flexibility index (Phi) is 7.23. The van der Waals surface area contributed by atoms with Crippen LogP contribution in [0.1, 0.15) is 41.3 Å². The minimum absolute atomic E-state index is 0.156. The van der Waals surface area contributed by atoms with E-state index in [0.717, 1.165) is 24.0 Å². The number of carbonyl (C=O) groups is 1. The van der Waals surface area contributed by atoms with Crippen molar-refractivity contribution >= 4 is 15.9 Å². The van der Waals surface area contributed by atoms with Gasteiger partial charge in [-0.3, -0.25) is 4.79 Å². The van der Waals surface area contributed by atoms with Gasteiger partial charge >= 0.3 is 0 Å². The summed E-state index contributed by atoms with van der Waals surface area (Å²) in [6.45, 7) is 5.23. The maximum absolute atomic E-state index is 13.1. The Hall–Kier alpha value is -2.58. The number of hydrogen-bond acceptors (Lipinski definition) is 5. The van der Waals surface area contributed by atoms with Gasteiger partial charge < -0.3 is 14.8 Å². The zero-order valence-electron chi connectivity index (χ0n) is 18.5. The van der Waals surface area contributed by atoms with Crippen molar-refractivity contribution in [2.75, 3.05) is 27.3 Å². The highest BCUT2D eigenvalue weighted by atomic mass is 32.2. The summed E-state index contributed by atoms with van der Waals surface area (Å²) in [5, 5.41) is 2.87. The van der Waals surface area contributed by atoms with Crippen molar-refractivity contribution in [3.8, 4) is 11.5 Å². The molecule has 2 aromatic rings. The monoisotopic (exact) mass is 446 g/mol. The molecule has 168 valence electrons. The molecule has 7 nitrogen and oxygen atoms in total. The lowest BCUT2D eigenvalue weighted by atomic mass is 10.0. The van der Waals surface area contributed by atoms with E-state index in [-0.39, 0.29) is 17.3 Å². The van der Waals surface area contributed by atoms with Gasteiger partial charge in [-0.05, 0) is 61.1 Å². The van der Waals surface area contributed by atoms with Crippen molar-refractivity contribution in [1.82, 2.24) is 9.62 Å². The van der Waals surface area contributed by atoms with Crippen LogP contribution in [0.5, 0.6) is 11.5 Å². The molecule has 0 spiro atoms. The quantitative estimate of drug-likeness (QED) is 0.705. The van der Waals surface area contributed by atoms with E-state index >= 15 is 0 Å².